The molecule has 0 unspecified atom stereocenters. The lowest BCUT2D eigenvalue weighted by Gasteiger charge is -2.13. The standard InChI is InChI=1S/C20H22N4O2S2/c1-2-24-19(18-6-5-13-26-18)21-22-20(24)27-14-17(25)15-7-9-16(10-8-15)28-23-11-3-4-12-23/h5-10,13H,2-4,11-12,14H2,1H3. The maximum Gasteiger partial charge on any atom is 0.200 e. The first-order valence-electron chi connectivity index (χ1n) is 9.40. The minimum Gasteiger partial charge on any atom is -0.461 e. The third-order valence-electron chi connectivity index (χ3n) is 4.58. The van der Waals surface area contributed by atoms with Crippen molar-refractivity contribution < 1.29 is 9.21 Å². The van der Waals surface area contributed by atoms with E-state index in [-0.39, 0.29) is 5.78 Å². The van der Waals surface area contributed by atoms with E-state index in [1.165, 1.54) is 29.5 Å². The molecule has 6 nitrogen and oxygen atoms in total. The summed E-state index contributed by atoms with van der Waals surface area (Å²) < 4.78 is 9.76. The lowest BCUT2D eigenvalue weighted by molar-refractivity contribution is 0.102. The third kappa shape index (κ3) is 4.34. The number of furan rings is 1. The Hall–Kier alpha value is -2.03. The zero-order valence-electron chi connectivity index (χ0n) is 15.7. The van der Waals surface area contributed by atoms with Gasteiger partial charge < -0.3 is 4.42 Å². The number of Topliss-reactive ketones (excluding diaryl/α,β-unsaturated/α-hetero) is 1. The number of ketones is 1. The van der Waals surface area contributed by atoms with Gasteiger partial charge in [0.2, 0.25) is 0 Å². The molecule has 2 aromatic heterocycles. The van der Waals surface area contributed by atoms with Crippen LogP contribution in [0.4, 0.5) is 0 Å². The van der Waals surface area contributed by atoms with E-state index in [0.29, 0.717) is 23.9 Å². The Morgan fingerprint density at radius 3 is 2.61 bits per heavy atom. The molecule has 1 aliphatic heterocycles. The van der Waals surface area contributed by atoms with E-state index in [2.05, 4.69) is 14.5 Å². The maximum atomic E-state index is 12.6. The Morgan fingerprint density at radius 1 is 1.14 bits per heavy atom. The molecule has 3 aromatic rings. The van der Waals surface area contributed by atoms with Crippen LogP contribution in [0.2, 0.25) is 0 Å². The van der Waals surface area contributed by atoms with E-state index in [0.717, 1.165) is 23.8 Å². The number of hydrogen-bond donors (Lipinski definition) is 0. The molecular formula is C20H22N4O2S2. The summed E-state index contributed by atoms with van der Waals surface area (Å²) in [4.78, 5) is 13.8. The van der Waals surface area contributed by atoms with Crippen LogP contribution < -0.4 is 0 Å². The normalized spacial score (nSPS) is 14.6. The van der Waals surface area contributed by atoms with Crippen molar-refractivity contribution in [1.29, 1.82) is 0 Å². The highest BCUT2D eigenvalue weighted by molar-refractivity contribution is 7.99. The van der Waals surface area contributed by atoms with Crippen LogP contribution in [-0.2, 0) is 6.54 Å². The molecule has 0 amide bonds. The molecule has 0 radical (unpaired) electrons. The SMILES string of the molecule is CCn1c(SCC(=O)c2ccc(SN3CCCC3)cc2)nnc1-c1ccco1. The van der Waals surface area contributed by atoms with Crippen LogP contribution in [0.5, 0.6) is 0 Å². The van der Waals surface area contributed by atoms with Crippen molar-refractivity contribution in [3.8, 4) is 11.6 Å². The molecule has 0 atom stereocenters. The van der Waals surface area contributed by atoms with Crippen LogP contribution in [-0.4, -0.2) is 43.7 Å². The number of nitrogens with zero attached hydrogens (tertiary/aromatic N) is 4. The van der Waals surface area contributed by atoms with Crippen LogP contribution in [0.25, 0.3) is 11.6 Å². The average Bonchev–Trinajstić information content (AvgIpc) is 3.47. The summed E-state index contributed by atoms with van der Waals surface area (Å²) in [6.07, 6.45) is 4.15. The number of carbonyl (C=O) groups is 1. The summed E-state index contributed by atoms with van der Waals surface area (Å²) in [5.74, 6) is 1.78. The molecule has 0 aliphatic carbocycles. The van der Waals surface area contributed by atoms with Gasteiger partial charge in [-0.15, -0.1) is 10.2 Å². The molecule has 0 spiro atoms. The molecular weight excluding hydrogens is 392 g/mol. The highest BCUT2D eigenvalue weighted by Gasteiger charge is 2.17. The topological polar surface area (TPSA) is 64.2 Å². The van der Waals surface area contributed by atoms with Crippen LogP contribution in [0, 0.1) is 0 Å². The molecule has 3 heterocycles. The van der Waals surface area contributed by atoms with Gasteiger partial charge in [0.1, 0.15) is 0 Å². The van der Waals surface area contributed by atoms with Gasteiger partial charge in [0, 0.05) is 30.1 Å². The van der Waals surface area contributed by atoms with E-state index in [1.807, 2.05) is 47.9 Å². The molecule has 1 saturated heterocycles. The van der Waals surface area contributed by atoms with Crippen LogP contribution in [0.1, 0.15) is 30.1 Å². The first-order valence-corrected chi connectivity index (χ1v) is 11.2. The minimum atomic E-state index is 0.0907. The minimum absolute atomic E-state index is 0.0907. The number of hydrogen-bond acceptors (Lipinski definition) is 7. The summed E-state index contributed by atoms with van der Waals surface area (Å²) in [6.45, 7) is 5.01. The third-order valence-corrected chi connectivity index (χ3v) is 6.66. The summed E-state index contributed by atoms with van der Waals surface area (Å²) in [7, 11) is 0. The number of thioether (sulfide) groups is 1. The van der Waals surface area contributed by atoms with Crippen molar-refractivity contribution in [2.24, 2.45) is 0 Å². The second-order valence-electron chi connectivity index (χ2n) is 6.49. The zero-order chi connectivity index (χ0) is 19.3. The summed E-state index contributed by atoms with van der Waals surface area (Å²) in [6, 6.07) is 11.6. The van der Waals surface area contributed by atoms with Gasteiger partial charge in [-0.05, 0) is 56.0 Å². The van der Waals surface area contributed by atoms with Crippen molar-refractivity contribution in [1.82, 2.24) is 19.1 Å². The van der Waals surface area contributed by atoms with E-state index in [1.54, 1.807) is 18.2 Å². The second kappa shape index (κ2) is 8.98. The van der Waals surface area contributed by atoms with Crippen molar-refractivity contribution in [3.63, 3.8) is 0 Å². The summed E-state index contributed by atoms with van der Waals surface area (Å²) in [5.41, 5.74) is 0.729. The lowest BCUT2D eigenvalue weighted by atomic mass is 10.1. The smallest absolute Gasteiger partial charge is 0.200 e. The first kappa shape index (κ1) is 19.3. The van der Waals surface area contributed by atoms with Crippen molar-refractivity contribution in [3.05, 3.63) is 48.2 Å². The molecule has 0 bridgehead atoms. The molecule has 1 aliphatic rings. The Balaban J connectivity index is 1.38. The number of rotatable bonds is 8. The van der Waals surface area contributed by atoms with Crippen LogP contribution >= 0.6 is 23.7 Å². The Labute approximate surface area is 172 Å². The van der Waals surface area contributed by atoms with Crippen LogP contribution in [0.3, 0.4) is 0 Å². The summed E-state index contributed by atoms with van der Waals surface area (Å²) >= 11 is 3.18. The highest BCUT2D eigenvalue weighted by atomic mass is 32.2. The van der Waals surface area contributed by atoms with Gasteiger partial charge in [-0.1, -0.05) is 23.9 Å². The molecule has 0 N–H and O–H groups in total. The molecule has 0 saturated carbocycles. The fraction of sp³-hybridized carbons (Fsp3) is 0.350. The molecule has 8 heteroatoms. The molecule has 146 valence electrons. The van der Waals surface area contributed by atoms with Gasteiger partial charge in [0.25, 0.3) is 0 Å². The average molecular weight is 415 g/mol. The largest absolute Gasteiger partial charge is 0.461 e. The predicted octanol–water partition coefficient (Wildman–Crippen LogP) is 4.64. The monoisotopic (exact) mass is 414 g/mol. The van der Waals surface area contributed by atoms with Crippen LogP contribution in [0.15, 0.2) is 57.1 Å². The van der Waals surface area contributed by atoms with E-state index in [9.17, 15) is 4.79 Å². The molecule has 4 rings (SSSR count). The number of benzene rings is 1. The lowest BCUT2D eigenvalue weighted by Crippen LogP contribution is -2.09. The summed E-state index contributed by atoms with van der Waals surface area (Å²) in [5, 5.41) is 9.18. The number of carbonyl (C=O) groups excluding carboxylic acids is 1. The Morgan fingerprint density at radius 2 is 1.93 bits per heavy atom. The van der Waals surface area contributed by atoms with E-state index < -0.39 is 0 Å². The number of aromatic nitrogens is 3. The fourth-order valence-corrected chi connectivity index (χ4v) is 5.01. The van der Waals surface area contributed by atoms with Crippen molar-refractivity contribution in [2.75, 3.05) is 18.8 Å². The first-order chi connectivity index (χ1) is 13.7. The van der Waals surface area contributed by atoms with Gasteiger partial charge in [0.05, 0.1) is 12.0 Å². The maximum absolute atomic E-state index is 12.6. The molecule has 1 aromatic carbocycles. The molecule has 1 fully saturated rings. The van der Waals surface area contributed by atoms with E-state index in [4.69, 9.17) is 4.42 Å². The fourth-order valence-electron chi connectivity index (χ4n) is 3.11. The van der Waals surface area contributed by atoms with Gasteiger partial charge in [-0.25, -0.2) is 4.31 Å². The van der Waals surface area contributed by atoms with Gasteiger partial charge in [0.15, 0.2) is 22.5 Å². The van der Waals surface area contributed by atoms with Gasteiger partial charge in [-0.3, -0.25) is 9.36 Å². The second-order valence-corrected chi connectivity index (χ2v) is 8.60. The van der Waals surface area contributed by atoms with Crippen molar-refractivity contribution >= 4 is 29.5 Å². The van der Waals surface area contributed by atoms with Gasteiger partial charge >= 0.3 is 0 Å². The quantitative estimate of drug-likeness (QED) is 0.302. The predicted molar refractivity (Wildman–Crippen MR) is 112 cm³/mol. The molecule has 28 heavy (non-hydrogen) atoms. The Bertz CT molecular complexity index is 916. The van der Waals surface area contributed by atoms with Crippen molar-refractivity contribution in [2.45, 2.75) is 36.4 Å². The van der Waals surface area contributed by atoms with Gasteiger partial charge in [-0.2, -0.15) is 0 Å². The zero-order valence-corrected chi connectivity index (χ0v) is 17.3. The van der Waals surface area contributed by atoms with E-state index >= 15 is 0 Å². The highest BCUT2D eigenvalue weighted by Crippen LogP contribution is 2.28. The Kier molecular flexibility index (Phi) is 6.19.